The molecule has 0 amide bonds. The molecule has 0 saturated carbocycles. The average Bonchev–Trinajstić information content (AvgIpc) is 3.34. The molecule has 0 fully saturated rings. The van der Waals surface area contributed by atoms with E-state index >= 15 is 0 Å². The van der Waals surface area contributed by atoms with E-state index < -0.39 is 0 Å². The Balaban J connectivity index is 1.21. The van der Waals surface area contributed by atoms with Crippen molar-refractivity contribution in [2.24, 2.45) is 5.10 Å². The molecule has 0 atom stereocenters. The molecule has 0 bridgehead atoms. The highest BCUT2D eigenvalue weighted by molar-refractivity contribution is 7.22. The quantitative estimate of drug-likeness (QED) is 0.389. The van der Waals surface area contributed by atoms with E-state index in [1.54, 1.807) is 22.7 Å². The van der Waals surface area contributed by atoms with Crippen LogP contribution in [0.2, 0.25) is 0 Å². The van der Waals surface area contributed by atoms with Gasteiger partial charge in [-0.1, -0.05) is 53.0 Å². The molecule has 6 nitrogen and oxygen atoms in total. The predicted molar refractivity (Wildman–Crippen MR) is 119 cm³/mol. The Labute approximate surface area is 170 Å². The summed E-state index contributed by atoms with van der Waals surface area (Å²) in [5.41, 5.74) is 13.9. The number of benzene rings is 2. The van der Waals surface area contributed by atoms with Crippen LogP contribution in [0, 0.1) is 0 Å². The highest BCUT2D eigenvalue weighted by Gasteiger charge is 2.11. The third kappa shape index (κ3) is 3.69. The summed E-state index contributed by atoms with van der Waals surface area (Å²) in [4.78, 5) is 9.14. The number of thiazole rings is 2. The molecule has 140 valence electrons. The third-order valence-corrected chi connectivity index (χ3v) is 6.34. The fraction of sp³-hybridized carbons (Fsp3) is 0.150. The van der Waals surface area contributed by atoms with E-state index in [2.05, 4.69) is 49.6 Å². The summed E-state index contributed by atoms with van der Waals surface area (Å²) in [5, 5.41) is 6.27. The number of fused-ring (bicyclic) bond motifs is 2. The van der Waals surface area contributed by atoms with Crippen molar-refractivity contribution >= 4 is 59.1 Å². The maximum atomic E-state index is 4.58. The van der Waals surface area contributed by atoms with E-state index in [0.717, 1.165) is 56.7 Å². The molecule has 0 saturated heterocycles. The first-order valence-electron chi connectivity index (χ1n) is 9.07. The van der Waals surface area contributed by atoms with Crippen molar-refractivity contribution < 1.29 is 0 Å². The fourth-order valence-electron chi connectivity index (χ4n) is 3.09. The largest absolute Gasteiger partial charge is 0.303 e. The van der Waals surface area contributed by atoms with E-state index in [0.29, 0.717) is 0 Å². The number of para-hydroxylation sites is 2. The molecule has 0 radical (unpaired) electrons. The number of allylic oxidation sites excluding steroid dienone is 2. The number of nitrogens with one attached hydrogen (secondary N) is 3. The summed E-state index contributed by atoms with van der Waals surface area (Å²) in [6.45, 7) is 0. The molecular weight excluding hydrogens is 388 g/mol. The standard InChI is InChI=1S/C20H18N6S2/c1-3-10-17-15(8-1)21-19(27-17)25-23-13-6-5-7-14(12-13)24-26-20-22-16-9-2-4-11-18(16)28-20/h1-4,6,8-11,23H,5,7,12H2,(H,21,25)(H,22,26)/b24-14+. The summed E-state index contributed by atoms with van der Waals surface area (Å²) in [6, 6.07) is 16.3. The smallest absolute Gasteiger partial charge is 0.204 e. The van der Waals surface area contributed by atoms with Gasteiger partial charge in [-0.25, -0.2) is 9.97 Å². The number of hydrazone groups is 1. The van der Waals surface area contributed by atoms with Crippen molar-refractivity contribution in [3.05, 3.63) is 60.3 Å². The van der Waals surface area contributed by atoms with Gasteiger partial charge in [-0.2, -0.15) is 5.10 Å². The maximum absolute atomic E-state index is 4.58. The number of hydrogen-bond donors (Lipinski definition) is 3. The van der Waals surface area contributed by atoms with Crippen molar-refractivity contribution in [1.29, 1.82) is 0 Å². The van der Waals surface area contributed by atoms with Gasteiger partial charge in [0, 0.05) is 17.8 Å². The zero-order chi connectivity index (χ0) is 18.8. The summed E-state index contributed by atoms with van der Waals surface area (Å²) in [5.74, 6) is 0. The number of hydrazine groups is 1. The SMILES string of the molecule is C1=C(NNc2nc3ccccc3s2)C/C(=N/Nc2nc3ccccc3s2)CC1. The van der Waals surface area contributed by atoms with Crippen LogP contribution in [0.4, 0.5) is 10.3 Å². The lowest BCUT2D eigenvalue weighted by Crippen LogP contribution is -2.24. The van der Waals surface area contributed by atoms with Gasteiger partial charge < -0.3 is 5.43 Å². The van der Waals surface area contributed by atoms with E-state index in [-0.39, 0.29) is 0 Å². The lowest BCUT2D eigenvalue weighted by Gasteiger charge is -2.17. The van der Waals surface area contributed by atoms with E-state index in [1.165, 1.54) is 4.70 Å². The minimum atomic E-state index is 0.774. The monoisotopic (exact) mass is 406 g/mol. The fourth-order valence-corrected chi connectivity index (χ4v) is 4.72. The summed E-state index contributed by atoms with van der Waals surface area (Å²) in [7, 11) is 0. The molecule has 0 spiro atoms. The second kappa shape index (κ2) is 7.57. The van der Waals surface area contributed by atoms with Crippen LogP contribution in [0.5, 0.6) is 0 Å². The van der Waals surface area contributed by atoms with Crippen LogP contribution in [0.1, 0.15) is 19.3 Å². The molecule has 1 aliphatic carbocycles. The third-order valence-electron chi connectivity index (χ3n) is 4.45. The van der Waals surface area contributed by atoms with Crippen LogP contribution >= 0.6 is 22.7 Å². The lowest BCUT2D eigenvalue weighted by atomic mass is 10.0. The van der Waals surface area contributed by atoms with Gasteiger partial charge >= 0.3 is 0 Å². The van der Waals surface area contributed by atoms with Crippen molar-refractivity contribution in [2.45, 2.75) is 19.3 Å². The molecular formula is C20H18N6S2. The molecule has 5 rings (SSSR count). The van der Waals surface area contributed by atoms with Crippen molar-refractivity contribution in [3.8, 4) is 0 Å². The summed E-state index contributed by atoms with van der Waals surface area (Å²) in [6.07, 6.45) is 4.89. The van der Waals surface area contributed by atoms with Gasteiger partial charge in [-0.05, 0) is 37.1 Å². The van der Waals surface area contributed by atoms with E-state index in [9.17, 15) is 0 Å². The Morgan fingerprint density at radius 2 is 1.50 bits per heavy atom. The van der Waals surface area contributed by atoms with Gasteiger partial charge in [0.2, 0.25) is 10.3 Å². The van der Waals surface area contributed by atoms with Crippen LogP contribution < -0.4 is 16.3 Å². The second-order valence-electron chi connectivity index (χ2n) is 6.46. The maximum Gasteiger partial charge on any atom is 0.204 e. The Hall–Kier alpha value is -2.97. The molecule has 1 aliphatic rings. The topological polar surface area (TPSA) is 74.2 Å². The molecule has 0 aliphatic heterocycles. The number of nitrogens with zero attached hydrogens (tertiary/aromatic N) is 3. The Bertz CT molecular complexity index is 1120. The van der Waals surface area contributed by atoms with Crippen LogP contribution in [0.15, 0.2) is 65.4 Å². The normalized spacial score (nSPS) is 15.7. The highest BCUT2D eigenvalue weighted by Crippen LogP contribution is 2.26. The van der Waals surface area contributed by atoms with Crippen LogP contribution in [0.25, 0.3) is 20.4 Å². The van der Waals surface area contributed by atoms with Crippen LogP contribution in [0.3, 0.4) is 0 Å². The molecule has 2 aromatic heterocycles. The number of aromatic nitrogens is 2. The minimum absolute atomic E-state index is 0.774. The van der Waals surface area contributed by atoms with Gasteiger partial charge in [0.15, 0.2) is 0 Å². The Morgan fingerprint density at radius 3 is 2.25 bits per heavy atom. The van der Waals surface area contributed by atoms with Gasteiger partial charge in [-0.3, -0.25) is 10.9 Å². The average molecular weight is 407 g/mol. The van der Waals surface area contributed by atoms with Gasteiger partial charge in [-0.15, -0.1) is 0 Å². The van der Waals surface area contributed by atoms with Crippen LogP contribution in [-0.4, -0.2) is 15.7 Å². The molecule has 2 aromatic carbocycles. The predicted octanol–water partition coefficient (Wildman–Crippen LogP) is 5.36. The molecule has 28 heavy (non-hydrogen) atoms. The molecule has 2 heterocycles. The van der Waals surface area contributed by atoms with Crippen molar-refractivity contribution in [3.63, 3.8) is 0 Å². The van der Waals surface area contributed by atoms with Crippen molar-refractivity contribution in [2.75, 3.05) is 10.9 Å². The minimum Gasteiger partial charge on any atom is -0.303 e. The molecule has 8 heteroatoms. The van der Waals surface area contributed by atoms with E-state index in [4.69, 9.17) is 0 Å². The molecule has 4 aromatic rings. The number of hydrogen-bond acceptors (Lipinski definition) is 8. The first-order valence-corrected chi connectivity index (χ1v) is 10.7. The number of anilines is 2. The molecule has 3 N–H and O–H groups in total. The Morgan fingerprint density at radius 1 is 0.821 bits per heavy atom. The lowest BCUT2D eigenvalue weighted by molar-refractivity contribution is 0.861. The second-order valence-corrected chi connectivity index (χ2v) is 8.52. The summed E-state index contributed by atoms with van der Waals surface area (Å²) >= 11 is 3.25. The Kier molecular flexibility index (Phi) is 4.64. The zero-order valence-corrected chi connectivity index (χ0v) is 16.6. The van der Waals surface area contributed by atoms with Crippen molar-refractivity contribution in [1.82, 2.24) is 15.4 Å². The van der Waals surface area contributed by atoms with Gasteiger partial charge in [0.05, 0.1) is 20.4 Å². The zero-order valence-electron chi connectivity index (χ0n) is 15.0. The van der Waals surface area contributed by atoms with Crippen LogP contribution in [-0.2, 0) is 0 Å². The molecule has 0 unspecified atom stereocenters. The van der Waals surface area contributed by atoms with E-state index in [1.807, 2.05) is 36.4 Å². The first kappa shape index (κ1) is 17.2. The van der Waals surface area contributed by atoms with Gasteiger partial charge in [0.25, 0.3) is 0 Å². The number of rotatable bonds is 5. The first-order chi connectivity index (χ1) is 13.8. The highest BCUT2D eigenvalue weighted by atomic mass is 32.1. The summed E-state index contributed by atoms with van der Waals surface area (Å²) < 4.78 is 2.34. The van der Waals surface area contributed by atoms with Gasteiger partial charge in [0.1, 0.15) is 0 Å².